The van der Waals surface area contributed by atoms with Crippen LogP contribution in [0.1, 0.15) is 68.1 Å². The molecule has 2 aromatic heterocycles. The summed E-state index contributed by atoms with van der Waals surface area (Å²) in [6, 6.07) is 15.2. The lowest BCUT2D eigenvalue weighted by molar-refractivity contribution is -0.115. The molecule has 45 heavy (non-hydrogen) atoms. The smallest absolute Gasteiger partial charge is 0.348 e. The second-order valence-electron chi connectivity index (χ2n) is 9.58. The lowest BCUT2D eigenvalue weighted by Gasteiger charge is -2.14. The summed E-state index contributed by atoms with van der Waals surface area (Å²) in [4.78, 5) is 51.5. The van der Waals surface area contributed by atoms with E-state index >= 15 is 0 Å². The molecular formula is C31H32FN5O6S2. The Morgan fingerprint density at radius 1 is 0.978 bits per heavy atom. The van der Waals surface area contributed by atoms with E-state index in [1.54, 1.807) is 38.3 Å². The minimum atomic E-state index is -0.729. The van der Waals surface area contributed by atoms with Gasteiger partial charge in [-0.3, -0.25) is 9.59 Å². The highest BCUT2D eigenvalue weighted by molar-refractivity contribution is 8.00. The molecule has 0 aliphatic rings. The monoisotopic (exact) mass is 653 g/mol. The molecule has 0 aliphatic carbocycles. The zero-order valence-corrected chi connectivity index (χ0v) is 26.7. The number of carbonyl (C=O) groups is 4. The number of hydrogen-bond acceptors (Lipinski definition) is 10. The van der Waals surface area contributed by atoms with Gasteiger partial charge in [0.2, 0.25) is 5.91 Å². The summed E-state index contributed by atoms with van der Waals surface area (Å²) in [5.74, 6) is -2.56. The van der Waals surface area contributed by atoms with E-state index in [1.807, 2.05) is 30.3 Å². The van der Waals surface area contributed by atoms with Crippen molar-refractivity contribution in [1.82, 2.24) is 20.1 Å². The van der Waals surface area contributed by atoms with Crippen molar-refractivity contribution in [2.24, 2.45) is 0 Å². The molecule has 0 radical (unpaired) electrons. The van der Waals surface area contributed by atoms with E-state index in [0.29, 0.717) is 23.1 Å². The lowest BCUT2D eigenvalue weighted by Crippen LogP contribution is -2.26. The van der Waals surface area contributed by atoms with E-state index in [9.17, 15) is 23.6 Å². The van der Waals surface area contributed by atoms with Crippen LogP contribution in [-0.4, -0.2) is 57.0 Å². The number of aromatic nitrogens is 3. The van der Waals surface area contributed by atoms with Gasteiger partial charge in [-0.25, -0.2) is 14.0 Å². The maximum atomic E-state index is 14.1. The van der Waals surface area contributed by atoms with Crippen molar-refractivity contribution in [2.45, 2.75) is 51.2 Å². The average molecular weight is 654 g/mol. The summed E-state index contributed by atoms with van der Waals surface area (Å²) in [6.07, 6.45) is 0. The Balaban J connectivity index is 1.56. The summed E-state index contributed by atoms with van der Waals surface area (Å²) in [5, 5.41) is 13.8. The molecule has 2 aromatic carbocycles. The molecule has 0 fully saturated rings. The van der Waals surface area contributed by atoms with Crippen molar-refractivity contribution in [3.8, 4) is 0 Å². The zero-order valence-electron chi connectivity index (χ0n) is 25.1. The molecule has 2 N–H and O–H groups in total. The summed E-state index contributed by atoms with van der Waals surface area (Å²) in [6.45, 7) is 7.17. The number of hydrogen-bond donors (Lipinski definition) is 2. The highest BCUT2D eigenvalue weighted by Crippen LogP contribution is 2.35. The van der Waals surface area contributed by atoms with Gasteiger partial charge in [0.25, 0.3) is 5.91 Å². The lowest BCUT2D eigenvalue weighted by atomic mass is 10.1. The third-order valence-electron chi connectivity index (χ3n) is 6.48. The molecule has 0 bridgehead atoms. The number of halogens is 1. The van der Waals surface area contributed by atoms with E-state index in [2.05, 4.69) is 20.8 Å². The van der Waals surface area contributed by atoms with E-state index in [4.69, 9.17) is 9.47 Å². The summed E-state index contributed by atoms with van der Waals surface area (Å²) in [7, 11) is 0. The van der Waals surface area contributed by atoms with Crippen molar-refractivity contribution < 1.29 is 33.0 Å². The molecule has 4 aromatic rings. The fourth-order valence-electron chi connectivity index (χ4n) is 4.23. The molecule has 4 rings (SSSR count). The van der Waals surface area contributed by atoms with Gasteiger partial charge in [-0.2, -0.15) is 0 Å². The van der Waals surface area contributed by atoms with Gasteiger partial charge >= 0.3 is 11.9 Å². The van der Waals surface area contributed by atoms with Crippen LogP contribution in [0.5, 0.6) is 0 Å². The first-order valence-corrected chi connectivity index (χ1v) is 15.8. The largest absolute Gasteiger partial charge is 0.462 e. The van der Waals surface area contributed by atoms with Gasteiger partial charge in [-0.05, 0) is 51.0 Å². The highest BCUT2D eigenvalue weighted by Gasteiger charge is 2.29. The first kappa shape index (κ1) is 33.3. The number of rotatable bonds is 13. The van der Waals surface area contributed by atoms with Gasteiger partial charge in [0.1, 0.15) is 15.7 Å². The van der Waals surface area contributed by atoms with Crippen molar-refractivity contribution in [1.29, 1.82) is 0 Å². The number of anilines is 1. The first-order chi connectivity index (χ1) is 21.6. The molecular weight excluding hydrogens is 622 g/mol. The molecule has 0 aliphatic heterocycles. The van der Waals surface area contributed by atoms with Crippen LogP contribution in [0.2, 0.25) is 0 Å². The second kappa shape index (κ2) is 15.4. The Hall–Kier alpha value is -4.56. The van der Waals surface area contributed by atoms with Crippen molar-refractivity contribution in [2.75, 3.05) is 18.5 Å². The van der Waals surface area contributed by atoms with Crippen LogP contribution in [0.4, 0.5) is 9.39 Å². The molecule has 2 amide bonds. The number of nitrogens with one attached hydrogen (secondary N) is 2. The predicted octanol–water partition coefficient (Wildman–Crippen LogP) is 5.24. The molecule has 0 unspecified atom stereocenters. The third kappa shape index (κ3) is 8.13. The predicted molar refractivity (Wildman–Crippen MR) is 168 cm³/mol. The minimum absolute atomic E-state index is 0.0395. The Labute approximate surface area is 267 Å². The number of thioether (sulfide) groups is 1. The molecule has 0 spiro atoms. The molecule has 14 heteroatoms. The van der Waals surface area contributed by atoms with Crippen LogP contribution in [0.15, 0.2) is 59.8 Å². The number of ether oxygens (including phenoxy) is 2. The Kier molecular flexibility index (Phi) is 11.4. The van der Waals surface area contributed by atoms with Gasteiger partial charge in [-0.15, -0.1) is 21.5 Å². The molecule has 1 atom stereocenters. The maximum absolute atomic E-state index is 14.1. The molecule has 0 saturated carbocycles. The standard InChI is InChI=1S/C31H32FN5O6S2/c1-5-42-29(40)24-18(3)25(30(41)43-6-2)45-28(24)34-26(38)19(4)44-31-36-35-23(37(31)17-20-12-8-7-9-13-20)16-33-27(39)21-14-10-11-15-22(21)32/h7-15,19H,5-6,16-17H2,1-4H3,(H,33,39)(H,34,38)/t19-/m0/s1. The van der Waals surface area contributed by atoms with E-state index in [0.717, 1.165) is 28.7 Å². The Bertz CT molecular complexity index is 1690. The summed E-state index contributed by atoms with van der Waals surface area (Å²) < 4.78 is 26.2. The Morgan fingerprint density at radius 2 is 1.64 bits per heavy atom. The fraction of sp³-hybridized carbons (Fsp3) is 0.290. The summed E-state index contributed by atoms with van der Waals surface area (Å²) in [5.41, 5.74) is 1.29. The van der Waals surface area contributed by atoms with Crippen LogP contribution in [-0.2, 0) is 27.4 Å². The SMILES string of the molecule is CCOC(=O)c1sc(NC(=O)[C@H](C)Sc2nnc(CNC(=O)c3ccccc3F)n2Cc2ccccc2)c(C(=O)OCC)c1C. The van der Waals surface area contributed by atoms with Crippen LogP contribution in [0.25, 0.3) is 0 Å². The zero-order chi connectivity index (χ0) is 32.5. The van der Waals surface area contributed by atoms with Crippen LogP contribution in [0, 0.1) is 12.7 Å². The van der Waals surface area contributed by atoms with E-state index in [1.165, 1.54) is 18.2 Å². The number of amides is 2. The maximum Gasteiger partial charge on any atom is 0.348 e. The number of benzene rings is 2. The van der Waals surface area contributed by atoms with Crippen molar-refractivity contribution >= 4 is 51.9 Å². The molecule has 2 heterocycles. The van der Waals surface area contributed by atoms with Crippen molar-refractivity contribution in [3.63, 3.8) is 0 Å². The van der Waals surface area contributed by atoms with Gasteiger partial charge in [-0.1, -0.05) is 54.2 Å². The number of carbonyl (C=O) groups excluding carboxylic acids is 4. The van der Waals surface area contributed by atoms with Crippen LogP contribution in [0.3, 0.4) is 0 Å². The molecule has 0 saturated heterocycles. The second-order valence-corrected chi connectivity index (χ2v) is 11.9. The van der Waals surface area contributed by atoms with Gasteiger partial charge in [0.15, 0.2) is 11.0 Å². The van der Waals surface area contributed by atoms with Gasteiger partial charge in [0, 0.05) is 0 Å². The number of nitrogens with zero attached hydrogens (tertiary/aromatic N) is 3. The first-order valence-electron chi connectivity index (χ1n) is 14.1. The third-order valence-corrected chi connectivity index (χ3v) is 8.75. The number of thiophene rings is 1. The van der Waals surface area contributed by atoms with Crippen LogP contribution < -0.4 is 10.6 Å². The van der Waals surface area contributed by atoms with E-state index in [-0.39, 0.29) is 40.8 Å². The molecule has 236 valence electrons. The van der Waals surface area contributed by atoms with Crippen LogP contribution >= 0.6 is 23.1 Å². The normalized spacial score (nSPS) is 11.5. The quantitative estimate of drug-likeness (QED) is 0.146. The topological polar surface area (TPSA) is 142 Å². The van der Waals surface area contributed by atoms with Gasteiger partial charge < -0.3 is 24.7 Å². The number of esters is 2. The molecule has 11 nitrogen and oxygen atoms in total. The summed E-state index contributed by atoms with van der Waals surface area (Å²) >= 11 is 2.06. The van der Waals surface area contributed by atoms with Gasteiger partial charge in [0.05, 0.1) is 42.7 Å². The van der Waals surface area contributed by atoms with E-state index < -0.39 is 34.8 Å². The minimum Gasteiger partial charge on any atom is -0.462 e. The Morgan fingerprint density at radius 3 is 2.33 bits per heavy atom. The average Bonchev–Trinajstić information content (AvgIpc) is 3.55. The van der Waals surface area contributed by atoms with Crippen molar-refractivity contribution in [3.05, 3.63) is 93.4 Å². The highest BCUT2D eigenvalue weighted by atomic mass is 32.2. The fourth-order valence-corrected chi connectivity index (χ4v) is 6.19.